The molecule has 3 rings (SSSR count). The number of likely N-dealkylation sites (tertiary alicyclic amines) is 1. The molecule has 1 aliphatic heterocycles. The molecule has 20 heavy (non-hydrogen) atoms. The summed E-state index contributed by atoms with van der Waals surface area (Å²) in [6.07, 6.45) is 3.32. The molecule has 1 aromatic carbocycles. The molecule has 1 aromatic heterocycles. The molecule has 1 saturated heterocycles. The van der Waals surface area contributed by atoms with Crippen LogP contribution in [0.2, 0.25) is 5.02 Å². The number of hydrogen-bond donors (Lipinski definition) is 0. The Kier molecular flexibility index (Phi) is 4.20. The first-order valence-corrected chi connectivity index (χ1v) is 8.01. The van der Waals surface area contributed by atoms with Crippen LogP contribution in [0.15, 0.2) is 18.2 Å². The maximum atomic E-state index is 6.14. The highest BCUT2D eigenvalue weighted by Crippen LogP contribution is 2.24. The van der Waals surface area contributed by atoms with Crippen LogP contribution in [0.1, 0.15) is 18.7 Å². The van der Waals surface area contributed by atoms with Gasteiger partial charge in [0.15, 0.2) is 0 Å². The predicted octanol–water partition coefficient (Wildman–Crippen LogP) is 3.57. The lowest BCUT2D eigenvalue weighted by Gasteiger charge is -2.21. The fourth-order valence-electron chi connectivity index (χ4n) is 3.05. The summed E-state index contributed by atoms with van der Waals surface area (Å²) < 4.78 is 2.30. The van der Waals surface area contributed by atoms with Crippen molar-refractivity contribution in [1.82, 2.24) is 14.5 Å². The van der Waals surface area contributed by atoms with Gasteiger partial charge in [0, 0.05) is 29.9 Å². The minimum Gasteiger partial charge on any atom is -0.326 e. The first kappa shape index (κ1) is 14.2. The van der Waals surface area contributed by atoms with Crippen molar-refractivity contribution >= 4 is 34.2 Å². The van der Waals surface area contributed by atoms with Gasteiger partial charge >= 0.3 is 0 Å². The number of aryl methyl sites for hydroxylation is 1. The van der Waals surface area contributed by atoms with Gasteiger partial charge in [-0.05, 0) is 44.6 Å². The molecule has 2 aromatic rings. The summed E-state index contributed by atoms with van der Waals surface area (Å²) in [4.78, 5) is 7.14. The zero-order valence-corrected chi connectivity index (χ0v) is 13.2. The first-order chi connectivity index (χ1) is 9.69. The normalized spacial score (nSPS) is 20.1. The third-order valence-corrected chi connectivity index (χ3v) is 4.60. The minimum absolute atomic E-state index is 0.584. The number of aromatic nitrogens is 2. The highest BCUT2D eigenvalue weighted by atomic mass is 35.5. The van der Waals surface area contributed by atoms with E-state index >= 15 is 0 Å². The fourth-order valence-corrected chi connectivity index (χ4v) is 3.38. The summed E-state index contributed by atoms with van der Waals surface area (Å²) >= 11 is 12.1. The van der Waals surface area contributed by atoms with Gasteiger partial charge in [0.25, 0.3) is 0 Å². The van der Waals surface area contributed by atoms with E-state index in [9.17, 15) is 0 Å². The SMILES string of the molecule is CN1CCCC1Cn1c(CCCl)nc2ccc(Cl)cc21. The van der Waals surface area contributed by atoms with Gasteiger partial charge in [-0.15, -0.1) is 11.6 Å². The topological polar surface area (TPSA) is 21.1 Å². The van der Waals surface area contributed by atoms with E-state index in [1.807, 2.05) is 18.2 Å². The van der Waals surface area contributed by atoms with Gasteiger partial charge in [-0.1, -0.05) is 11.6 Å². The van der Waals surface area contributed by atoms with Crippen LogP contribution in [-0.2, 0) is 13.0 Å². The molecule has 5 heteroatoms. The molecule has 0 saturated carbocycles. The Morgan fingerprint density at radius 3 is 2.95 bits per heavy atom. The Labute approximate surface area is 129 Å². The molecule has 0 bridgehead atoms. The van der Waals surface area contributed by atoms with Crippen molar-refractivity contribution in [1.29, 1.82) is 0 Å². The smallest absolute Gasteiger partial charge is 0.111 e. The number of nitrogens with zero attached hydrogens (tertiary/aromatic N) is 3. The number of imidazole rings is 1. The average molecular weight is 312 g/mol. The second kappa shape index (κ2) is 5.92. The zero-order valence-electron chi connectivity index (χ0n) is 11.6. The Morgan fingerprint density at radius 2 is 2.25 bits per heavy atom. The lowest BCUT2D eigenvalue weighted by atomic mass is 10.2. The van der Waals surface area contributed by atoms with Crippen LogP contribution in [0, 0.1) is 0 Å². The maximum Gasteiger partial charge on any atom is 0.111 e. The third kappa shape index (κ3) is 2.67. The van der Waals surface area contributed by atoms with E-state index in [0.717, 1.165) is 34.8 Å². The lowest BCUT2D eigenvalue weighted by Crippen LogP contribution is -2.30. The van der Waals surface area contributed by atoms with Crippen molar-refractivity contribution in [2.45, 2.75) is 31.8 Å². The van der Waals surface area contributed by atoms with E-state index in [4.69, 9.17) is 28.2 Å². The van der Waals surface area contributed by atoms with E-state index in [2.05, 4.69) is 16.5 Å². The van der Waals surface area contributed by atoms with Crippen LogP contribution in [0.3, 0.4) is 0 Å². The molecule has 0 amide bonds. The summed E-state index contributed by atoms with van der Waals surface area (Å²) in [7, 11) is 2.20. The molecule has 108 valence electrons. The van der Waals surface area contributed by atoms with Crippen molar-refractivity contribution in [3.8, 4) is 0 Å². The van der Waals surface area contributed by atoms with Crippen molar-refractivity contribution in [3.05, 3.63) is 29.0 Å². The van der Waals surface area contributed by atoms with Gasteiger partial charge in [-0.3, -0.25) is 0 Å². The predicted molar refractivity (Wildman–Crippen MR) is 84.8 cm³/mol. The standard InChI is InChI=1S/C15H19Cl2N3/c1-19-8-2-3-12(19)10-20-14-9-11(17)4-5-13(14)18-15(20)6-7-16/h4-5,9,12H,2-3,6-8,10H2,1H3. The molecule has 0 spiro atoms. The second-order valence-electron chi connectivity index (χ2n) is 5.49. The quantitative estimate of drug-likeness (QED) is 0.805. The van der Waals surface area contributed by atoms with Crippen molar-refractivity contribution in [2.24, 2.45) is 0 Å². The first-order valence-electron chi connectivity index (χ1n) is 7.10. The van der Waals surface area contributed by atoms with E-state index < -0.39 is 0 Å². The van der Waals surface area contributed by atoms with Gasteiger partial charge in [0.05, 0.1) is 11.0 Å². The molecule has 1 atom stereocenters. The Balaban J connectivity index is 2.01. The summed E-state index contributed by atoms with van der Waals surface area (Å²) in [6, 6.07) is 6.48. The van der Waals surface area contributed by atoms with Gasteiger partial charge in [0.1, 0.15) is 5.82 Å². The Hall–Kier alpha value is -0.770. The number of fused-ring (bicyclic) bond motifs is 1. The zero-order chi connectivity index (χ0) is 14.1. The molecule has 1 fully saturated rings. The molecule has 1 unspecified atom stereocenters. The average Bonchev–Trinajstić information content (AvgIpc) is 2.96. The third-order valence-electron chi connectivity index (χ3n) is 4.17. The monoisotopic (exact) mass is 311 g/mol. The van der Waals surface area contributed by atoms with E-state index in [0.29, 0.717) is 11.9 Å². The van der Waals surface area contributed by atoms with Gasteiger partial charge in [0.2, 0.25) is 0 Å². The highest BCUT2D eigenvalue weighted by molar-refractivity contribution is 6.31. The molecular formula is C15H19Cl2N3. The van der Waals surface area contributed by atoms with E-state index in [-0.39, 0.29) is 0 Å². The number of alkyl halides is 1. The van der Waals surface area contributed by atoms with Gasteiger partial charge in [-0.25, -0.2) is 4.98 Å². The van der Waals surface area contributed by atoms with Gasteiger partial charge < -0.3 is 9.47 Å². The van der Waals surface area contributed by atoms with Crippen molar-refractivity contribution in [3.63, 3.8) is 0 Å². The maximum absolute atomic E-state index is 6.14. The van der Waals surface area contributed by atoms with Crippen LogP contribution in [-0.4, -0.2) is 40.0 Å². The number of likely N-dealkylation sites (N-methyl/N-ethyl adjacent to an activating group) is 1. The van der Waals surface area contributed by atoms with Crippen LogP contribution in [0.5, 0.6) is 0 Å². The number of benzene rings is 1. The summed E-state index contributed by atoms with van der Waals surface area (Å²) in [5, 5.41) is 0.760. The molecule has 1 aliphatic rings. The molecule has 0 N–H and O–H groups in total. The fraction of sp³-hybridized carbons (Fsp3) is 0.533. The minimum atomic E-state index is 0.584. The van der Waals surface area contributed by atoms with Crippen LogP contribution in [0.25, 0.3) is 11.0 Å². The molecule has 3 nitrogen and oxygen atoms in total. The lowest BCUT2D eigenvalue weighted by molar-refractivity contribution is 0.282. The largest absolute Gasteiger partial charge is 0.326 e. The van der Waals surface area contributed by atoms with Gasteiger partial charge in [-0.2, -0.15) is 0 Å². The van der Waals surface area contributed by atoms with E-state index in [1.54, 1.807) is 0 Å². The molecule has 2 heterocycles. The molecule has 0 aliphatic carbocycles. The van der Waals surface area contributed by atoms with Crippen molar-refractivity contribution < 1.29 is 0 Å². The molecular weight excluding hydrogens is 293 g/mol. The molecule has 0 radical (unpaired) electrons. The number of halogens is 2. The summed E-state index contributed by atoms with van der Waals surface area (Å²) in [6.45, 7) is 2.16. The summed E-state index contributed by atoms with van der Waals surface area (Å²) in [5.74, 6) is 1.66. The number of hydrogen-bond acceptors (Lipinski definition) is 2. The van der Waals surface area contributed by atoms with Crippen LogP contribution in [0.4, 0.5) is 0 Å². The second-order valence-corrected chi connectivity index (χ2v) is 6.30. The van der Waals surface area contributed by atoms with Crippen LogP contribution >= 0.6 is 23.2 Å². The Morgan fingerprint density at radius 1 is 1.40 bits per heavy atom. The van der Waals surface area contributed by atoms with Crippen LogP contribution < -0.4 is 0 Å². The Bertz CT molecular complexity index is 608. The van der Waals surface area contributed by atoms with E-state index in [1.165, 1.54) is 19.4 Å². The van der Waals surface area contributed by atoms with Crippen molar-refractivity contribution in [2.75, 3.05) is 19.5 Å². The highest BCUT2D eigenvalue weighted by Gasteiger charge is 2.23. The number of rotatable bonds is 4. The summed E-state index contributed by atoms with van der Waals surface area (Å²) in [5.41, 5.74) is 2.13.